The minimum Gasteiger partial charge on any atom is -0.368 e. The van der Waals surface area contributed by atoms with E-state index in [1.165, 1.54) is 16.4 Å². The molecule has 0 N–H and O–H groups in total. The first-order chi connectivity index (χ1) is 15.3. The first-order valence-electron chi connectivity index (χ1n) is 10.3. The SMILES string of the molecule is Cc1ccc(N(CC(=O)N2CCN(c3ccc(F)cc3)CC2)S(=O)(=O)c2cccs2)cc1. The smallest absolute Gasteiger partial charge is 0.274 e. The third-order valence-corrected chi connectivity index (χ3v) is 8.61. The van der Waals surface area contributed by atoms with Crippen LogP contribution in [0, 0.1) is 12.7 Å². The van der Waals surface area contributed by atoms with Crippen molar-refractivity contribution in [2.75, 3.05) is 41.9 Å². The van der Waals surface area contributed by atoms with Gasteiger partial charge in [0.1, 0.15) is 16.6 Å². The molecule has 1 aromatic heterocycles. The van der Waals surface area contributed by atoms with Crippen molar-refractivity contribution in [3.8, 4) is 0 Å². The second-order valence-electron chi connectivity index (χ2n) is 7.62. The van der Waals surface area contributed by atoms with E-state index in [4.69, 9.17) is 0 Å². The van der Waals surface area contributed by atoms with E-state index in [9.17, 15) is 17.6 Å². The molecular formula is C23H24FN3O3S2. The van der Waals surface area contributed by atoms with Gasteiger partial charge in [0.25, 0.3) is 10.0 Å². The molecule has 1 aliphatic rings. The monoisotopic (exact) mass is 473 g/mol. The summed E-state index contributed by atoms with van der Waals surface area (Å²) in [5.41, 5.74) is 2.37. The average Bonchev–Trinajstić information content (AvgIpc) is 3.35. The van der Waals surface area contributed by atoms with Crippen LogP contribution in [-0.2, 0) is 14.8 Å². The van der Waals surface area contributed by atoms with Crippen LogP contribution in [0.25, 0.3) is 0 Å². The van der Waals surface area contributed by atoms with Gasteiger partial charge in [-0.3, -0.25) is 9.10 Å². The molecule has 4 rings (SSSR count). The number of aryl methyl sites for hydroxylation is 1. The summed E-state index contributed by atoms with van der Waals surface area (Å²) in [4.78, 5) is 16.9. The number of hydrogen-bond donors (Lipinski definition) is 0. The van der Waals surface area contributed by atoms with Crippen molar-refractivity contribution < 1.29 is 17.6 Å². The van der Waals surface area contributed by atoms with E-state index < -0.39 is 10.0 Å². The summed E-state index contributed by atoms with van der Waals surface area (Å²) in [5, 5.41) is 1.71. The van der Waals surface area contributed by atoms with E-state index >= 15 is 0 Å². The van der Waals surface area contributed by atoms with Gasteiger partial charge < -0.3 is 9.80 Å². The van der Waals surface area contributed by atoms with Crippen LogP contribution in [0.5, 0.6) is 0 Å². The zero-order valence-corrected chi connectivity index (χ0v) is 19.3. The molecule has 0 spiro atoms. The summed E-state index contributed by atoms with van der Waals surface area (Å²) in [5.74, 6) is -0.532. The Labute approximate surface area is 191 Å². The standard InChI is InChI=1S/C23H24FN3O3S2/c1-18-4-8-21(9-5-18)27(32(29,30)23-3-2-16-31-23)17-22(28)26-14-12-25(13-15-26)20-10-6-19(24)7-11-20/h2-11,16H,12-15,17H2,1H3. The van der Waals surface area contributed by atoms with Crippen LogP contribution in [0.3, 0.4) is 0 Å². The molecule has 0 unspecified atom stereocenters. The van der Waals surface area contributed by atoms with Gasteiger partial charge >= 0.3 is 0 Å². The van der Waals surface area contributed by atoms with Crippen molar-refractivity contribution in [3.05, 3.63) is 77.4 Å². The zero-order chi connectivity index (χ0) is 22.7. The summed E-state index contributed by atoms with van der Waals surface area (Å²) in [7, 11) is -3.86. The highest BCUT2D eigenvalue weighted by atomic mass is 32.2. The first kappa shape index (κ1) is 22.3. The van der Waals surface area contributed by atoms with Gasteiger partial charge in [-0.1, -0.05) is 23.8 Å². The molecule has 2 aromatic carbocycles. The minimum atomic E-state index is -3.86. The molecule has 6 nitrogen and oxygen atoms in total. The summed E-state index contributed by atoms with van der Waals surface area (Å²) in [6.45, 7) is 3.79. The van der Waals surface area contributed by atoms with Crippen LogP contribution in [0.15, 0.2) is 70.3 Å². The lowest BCUT2D eigenvalue weighted by Crippen LogP contribution is -2.52. The Bertz CT molecular complexity index is 1160. The number of thiophene rings is 1. The van der Waals surface area contributed by atoms with Crippen LogP contribution < -0.4 is 9.21 Å². The fourth-order valence-corrected chi connectivity index (χ4v) is 6.15. The van der Waals surface area contributed by atoms with E-state index in [-0.39, 0.29) is 22.5 Å². The molecule has 1 amide bonds. The number of carbonyl (C=O) groups excluding carboxylic acids is 1. The molecule has 9 heteroatoms. The lowest BCUT2D eigenvalue weighted by Gasteiger charge is -2.37. The minimum absolute atomic E-state index is 0.201. The lowest BCUT2D eigenvalue weighted by atomic mass is 10.2. The van der Waals surface area contributed by atoms with Gasteiger partial charge in [0.05, 0.1) is 5.69 Å². The van der Waals surface area contributed by atoms with Gasteiger partial charge in [0.15, 0.2) is 0 Å². The molecular weight excluding hydrogens is 449 g/mol. The Balaban J connectivity index is 1.49. The number of nitrogens with zero attached hydrogens (tertiary/aromatic N) is 3. The number of rotatable bonds is 6. The average molecular weight is 474 g/mol. The molecule has 32 heavy (non-hydrogen) atoms. The first-order valence-corrected chi connectivity index (χ1v) is 12.6. The number of anilines is 2. The second kappa shape index (κ2) is 9.30. The highest BCUT2D eigenvalue weighted by Gasteiger charge is 2.30. The topological polar surface area (TPSA) is 60.9 Å². The van der Waals surface area contributed by atoms with E-state index in [0.29, 0.717) is 31.9 Å². The third-order valence-electron chi connectivity index (χ3n) is 5.46. The highest BCUT2D eigenvalue weighted by molar-refractivity contribution is 7.94. The maximum absolute atomic E-state index is 13.3. The summed E-state index contributed by atoms with van der Waals surface area (Å²) in [6.07, 6.45) is 0. The molecule has 1 saturated heterocycles. The predicted octanol–water partition coefficient (Wildman–Crippen LogP) is 3.74. The van der Waals surface area contributed by atoms with Crippen molar-refractivity contribution in [3.63, 3.8) is 0 Å². The molecule has 2 heterocycles. The van der Waals surface area contributed by atoms with Crippen LogP contribution in [0.2, 0.25) is 0 Å². The van der Waals surface area contributed by atoms with Gasteiger partial charge in [-0.2, -0.15) is 0 Å². The Morgan fingerprint density at radius 2 is 1.66 bits per heavy atom. The zero-order valence-electron chi connectivity index (χ0n) is 17.6. The van der Waals surface area contributed by atoms with Crippen LogP contribution >= 0.6 is 11.3 Å². The molecule has 0 bridgehead atoms. The molecule has 0 radical (unpaired) electrons. The maximum atomic E-state index is 13.3. The van der Waals surface area contributed by atoms with E-state index in [2.05, 4.69) is 4.90 Å². The largest absolute Gasteiger partial charge is 0.368 e. The summed E-state index contributed by atoms with van der Waals surface area (Å²) in [6, 6.07) is 16.6. The summed E-state index contributed by atoms with van der Waals surface area (Å²) < 4.78 is 41.1. The molecule has 0 aliphatic carbocycles. The Morgan fingerprint density at radius 3 is 2.25 bits per heavy atom. The van der Waals surface area contributed by atoms with Crippen molar-refractivity contribution in [2.24, 2.45) is 0 Å². The number of hydrogen-bond acceptors (Lipinski definition) is 5. The number of sulfonamides is 1. The van der Waals surface area contributed by atoms with E-state index in [1.54, 1.807) is 46.7 Å². The number of halogens is 1. The molecule has 168 valence electrons. The van der Waals surface area contributed by atoms with Crippen molar-refractivity contribution >= 4 is 38.6 Å². The molecule has 0 saturated carbocycles. The van der Waals surface area contributed by atoms with E-state index in [0.717, 1.165) is 22.6 Å². The van der Waals surface area contributed by atoms with Gasteiger partial charge in [-0.15, -0.1) is 11.3 Å². The number of benzene rings is 2. The fraction of sp³-hybridized carbons (Fsp3) is 0.261. The third kappa shape index (κ3) is 4.78. The Morgan fingerprint density at radius 1 is 1.00 bits per heavy atom. The van der Waals surface area contributed by atoms with Crippen molar-refractivity contribution in [2.45, 2.75) is 11.1 Å². The van der Waals surface area contributed by atoms with E-state index in [1.807, 2.05) is 19.1 Å². The molecule has 3 aromatic rings. The summed E-state index contributed by atoms with van der Waals surface area (Å²) >= 11 is 1.13. The number of carbonyl (C=O) groups is 1. The van der Waals surface area contributed by atoms with Gasteiger partial charge in [0, 0.05) is 31.9 Å². The van der Waals surface area contributed by atoms with Gasteiger partial charge in [-0.05, 0) is 54.8 Å². The second-order valence-corrected chi connectivity index (χ2v) is 10.7. The molecule has 0 atom stereocenters. The molecule has 1 aliphatic heterocycles. The normalized spacial score (nSPS) is 14.4. The molecule has 1 fully saturated rings. The maximum Gasteiger partial charge on any atom is 0.274 e. The van der Waals surface area contributed by atoms with Gasteiger partial charge in [-0.25, -0.2) is 12.8 Å². The Kier molecular flexibility index (Phi) is 6.48. The predicted molar refractivity (Wildman–Crippen MR) is 125 cm³/mol. The fourth-order valence-electron chi connectivity index (χ4n) is 3.63. The number of piperazine rings is 1. The Hall–Kier alpha value is -2.91. The van der Waals surface area contributed by atoms with Crippen LogP contribution in [-0.4, -0.2) is 51.9 Å². The number of amides is 1. The quantitative estimate of drug-likeness (QED) is 0.547. The van der Waals surface area contributed by atoms with Crippen LogP contribution in [0.4, 0.5) is 15.8 Å². The van der Waals surface area contributed by atoms with Crippen LogP contribution in [0.1, 0.15) is 5.56 Å². The lowest BCUT2D eigenvalue weighted by molar-refractivity contribution is -0.129. The van der Waals surface area contributed by atoms with Gasteiger partial charge in [0.2, 0.25) is 5.91 Å². The highest BCUT2D eigenvalue weighted by Crippen LogP contribution is 2.27. The van der Waals surface area contributed by atoms with Crippen molar-refractivity contribution in [1.29, 1.82) is 0 Å². The van der Waals surface area contributed by atoms with Crippen molar-refractivity contribution in [1.82, 2.24) is 4.90 Å².